The lowest BCUT2D eigenvalue weighted by atomic mass is 10.1. The van der Waals surface area contributed by atoms with Crippen LogP contribution in [0.3, 0.4) is 0 Å². The van der Waals surface area contributed by atoms with Crippen molar-refractivity contribution < 1.29 is 13.2 Å². The monoisotopic (exact) mass is 288 g/mol. The number of nitrogens with zero attached hydrogens (tertiary/aromatic N) is 1. The van der Waals surface area contributed by atoms with Gasteiger partial charge in [0, 0.05) is 23.8 Å². The van der Waals surface area contributed by atoms with E-state index < -0.39 is 9.84 Å². The highest BCUT2D eigenvalue weighted by molar-refractivity contribution is 7.91. The van der Waals surface area contributed by atoms with Gasteiger partial charge in [0.2, 0.25) is 0 Å². The van der Waals surface area contributed by atoms with Gasteiger partial charge in [0.1, 0.15) is 0 Å². The molecule has 1 aromatic carbocycles. The third-order valence-corrected chi connectivity index (χ3v) is 4.72. The molecule has 7 heteroatoms. The van der Waals surface area contributed by atoms with Gasteiger partial charge in [0.15, 0.2) is 9.84 Å². The van der Waals surface area contributed by atoms with Crippen LogP contribution in [0.5, 0.6) is 0 Å². The van der Waals surface area contributed by atoms with E-state index in [0.29, 0.717) is 16.3 Å². The standard InChI is InChI=1S/C11H13ClN2O3S/c12-8-1-2-9(10(13)7-8)11(15)14-3-5-18(16,17)6-4-14/h1-2,7H,3-6,13H2. The zero-order valence-electron chi connectivity index (χ0n) is 9.60. The molecule has 18 heavy (non-hydrogen) atoms. The van der Waals surface area contributed by atoms with Gasteiger partial charge in [-0.15, -0.1) is 0 Å². The van der Waals surface area contributed by atoms with Crippen LogP contribution in [0.4, 0.5) is 5.69 Å². The summed E-state index contributed by atoms with van der Waals surface area (Å²) in [5.74, 6) is -0.238. The maximum Gasteiger partial charge on any atom is 0.256 e. The minimum absolute atomic E-state index is 0.00619. The van der Waals surface area contributed by atoms with Gasteiger partial charge >= 0.3 is 0 Å². The minimum atomic E-state index is -2.99. The van der Waals surface area contributed by atoms with Crippen LogP contribution in [0.25, 0.3) is 0 Å². The van der Waals surface area contributed by atoms with Crippen molar-refractivity contribution in [1.82, 2.24) is 4.90 Å². The van der Waals surface area contributed by atoms with Crippen LogP contribution in [0.2, 0.25) is 5.02 Å². The average molecular weight is 289 g/mol. The maximum absolute atomic E-state index is 12.2. The summed E-state index contributed by atoms with van der Waals surface area (Å²) < 4.78 is 22.6. The van der Waals surface area contributed by atoms with Crippen LogP contribution in [-0.2, 0) is 9.84 Å². The molecule has 0 aliphatic carbocycles. The topological polar surface area (TPSA) is 80.5 Å². The van der Waals surface area contributed by atoms with Gasteiger partial charge in [0.05, 0.1) is 17.1 Å². The Hall–Kier alpha value is -1.27. The highest BCUT2D eigenvalue weighted by Gasteiger charge is 2.26. The Bertz CT molecular complexity index is 572. The smallest absolute Gasteiger partial charge is 0.256 e. The van der Waals surface area contributed by atoms with Crippen LogP contribution in [-0.4, -0.2) is 43.8 Å². The van der Waals surface area contributed by atoms with E-state index in [1.165, 1.54) is 11.0 Å². The molecule has 1 saturated heterocycles. The number of nitrogen functional groups attached to an aromatic ring is 1. The lowest BCUT2D eigenvalue weighted by molar-refractivity contribution is 0.0771. The number of halogens is 1. The number of benzene rings is 1. The molecule has 1 aliphatic rings. The van der Waals surface area contributed by atoms with Crippen LogP contribution in [0, 0.1) is 0 Å². The molecule has 2 N–H and O–H groups in total. The van der Waals surface area contributed by atoms with Gasteiger partial charge in [-0.05, 0) is 18.2 Å². The Morgan fingerprint density at radius 2 is 1.89 bits per heavy atom. The lowest BCUT2D eigenvalue weighted by Crippen LogP contribution is -2.43. The van der Waals surface area contributed by atoms with Crippen LogP contribution >= 0.6 is 11.6 Å². The highest BCUT2D eigenvalue weighted by atomic mass is 35.5. The molecule has 1 fully saturated rings. The summed E-state index contributed by atoms with van der Waals surface area (Å²) in [6, 6.07) is 4.66. The van der Waals surface area contributed by atoms with Crippen LogP contribution < -0.4 is 5.73 Å². The number of sulfone groups is 1. The van der Waals surface area contributed by atoms with E-state index in [-0.39, 0.29) is 30.5 Å². The largest absolute Gasteiger partial charge is 0.398 e. The minimum Gasteiger partial charge on any atom is -0.398 e. The van der Waals surface area contributed by atoms with Crippen molar-refractivity contribution in [2.24, 2.45) is 0 Å². The third-order valence-electron chi connectivity index (χ3n) is 2.88. The van der Waals surface area contributed by atoms with Crippen molar-refractivity contribution >= 4 is 33.0 Å². The highest BCUT2D eigenvalue weighted by Crippen LogP contribution is 2.20. The predicted molar refractivity (Wildman–Crippen MR) is 70.4 cm³/mol. The van der Waals surface area contributed by atoms with Crippen molar-refractivity contribution in [3.05, 3.63) is 28.8 Å². The van der Waals surface area contributed by atoms with E-state index in [0.717, 1.165) is 0 Å². The molecule has 0 saturated carbocycles. The normalized spacial score (nSPS) is 18.6. The van der Waals surface area contributed by atoms with Gasteiger partial charge in [0.25, 0.3) is 5.91 Å². The Kier molecular flexibility index (Phi) is 3.49. The molecule has 1 heterocycles. The lowest BCUT2D eigenvalue weighted by Gasteiger charge is -2.27. The van der Waals surface area contributed by atoms with E-state index in [1.807, 2.05) is 0 Å². The molecule has 98 valence electrons. The first-order chi connectivity index (χ1) is 8.39. The number of anilines is 1. The summed E-state index contributed by atoms with van der Waals surface area (Å²) in [5, 5.41) is 0.463. The SMILES string of the molecule is Nc1cc(Cl)ccc1C(=O)N1CCS(=O)(=O)CC1. The molecular formula is C11H13ClN2O3S. The fourth-order valence-corrected chi connectivity index (χ4v) is 3.20. The summed E-state index contributed by atoms with van der Waals surface area (Å²) in [5.41, 5.74) is 6.40. The number of hydrogen-bond acceptors (Lipinski definition) is 4. The van der Waals surface area contributed by atoms with E-state index in [4.69, 9.17) is 17.3 Å². The maximum atomic E-state index is 12.2. The number of nitrogens with two attached hydrogens (primary N) is 1. The molecule has 0 atom stereocenters. The van der Waals surface area contributed by atoms with Crippen molar-refractivity contribution in [2.45, 2.75) is 0 Å². The molecule has 1 amide bonds. The first-order valence-corrected chi connectivity index (χ1v) is 7.64. The van der Waals surface area contributed by atoms with Crippen molar-refractivity contribution in [3.8, 4) is 0 Å². The van der Waals surface area contributed by atoms with Gasteiger partial charge < -0.3 is 10.6 Å². The number of hydrogen-bond donors (Lipinski definition) is 1. The molecule has 0 unspecified atom stereocenters. The summed E-state index contributed by atoms with van der Waals surface area (Å²) >= 11 is 5.76. The van der Waals surface area contributed by atoms with Crippen molar-refractivity contribution in [1.29, 1.82) is 0 Å². The number of carbonyl (C=O) groups excluding carboxylic acids is 1. The van der Waals surface area contributed by atoms with Crippen molar-refractivity contribution in [3.63, 3.8) is 0 Å². The first-order valence-electron chi connectivity index (χ1n) is 5.44. The fraction of sp³-hybridized carbons (Fsp3) is 0.364. The summed E-state index contributed by atoms with van der Waals surface area (Å²) in [7, 11) is -2.99. The van der Waals surface area contributed by atoms with E-state index in [9.17, 15) is 13.2 Å². The average Bonchev–Trinajstić information content (AvgIpc) is 2.28. The Morgan fingerprint density at radius 3 is 2.44 bits per heavy atom. The van der Waals surface area contributed by atoms with Crippen molar-refractivity contribution in [2.75, 3.05) is 30.3 Å². The molecule has 2 rings (SSSR count). The molecule has 0 aromatic heterocycles. The first kappa shape index (κ1) is 13.2. The Labute approximate surface area is 110 Å². The summed E-state index contributed by atoms with van der Waals surface area (Å²) in [4.78, 5) is 13.7. The second-order valence-electron chi connectivity index (χ2n) is 4.18. The predicted octanol–water partition coefficient (Wildman–Crippen LogP) is 0.793. The summed E-state index contributed by atoms with van der Waals surface area (Å²) in [6.45, 7) is 0.423. The van der Waals surface area contributed by atoms with Crippen LogP contribution in [0.15, 0.2) is 18.2 Å². The summed E-state index contributed by atoms with van der Waals surface area (Å²) in [6.07, 6.45) is 0. The quantitative estimate of drug-likeness (QED) is 0.775. The second kappa shape index (κ2) is 4.78. The number of carbonyl (C=O) groups is 1. The van der Waals surface area contributed by atoms with Crippen LogP contribution in [0.1, 0.15) is 10.4 Å². The molecule has 0 spiro atoms. The number of rotatable bonds is 1. The number of amides is 1. The zero-order valence-corrected chi connectivity index (χ0v) is 11.2. The molecule has 0 radical (unpaired) electrons. The molecular weight excluding hydrogens is 276 g/mol. The second-order valence-corrected chi connectivity index (χ2v) is 6.92. The van der Waals surface area contributed by atoms with Gasteiger partial charge in [-0.1, -0.05) is 11.6 Å². The fourth-order valence-electron chi connectivity index (χ4n) is 1.81. The molecule has 5 nitrogen and oxygen atoms in total. The molecule has 0 bridgehead atoms. The van der Waals surface area contributed by atoms with Gasteiger partial charge in [-0.3, -0.25) is 4.79 Å². The van der Waals surface area contributed by atoms with E-state index in [2.05, 4.69) is 0 Å². The van der Waals surface area contributed by atoms with Gasteiger partial charge in [-0.2, -0.15) is 0 Å². The molecule has 1 aromatic rings. The zero-order chi connectivity index (χ0) is 13.3. The molecule has 1 aliphatic heterocycles. The Morgan fingerprint density at radius 1 is 1.28 bits per heavy atom. The third kappa shape index (κ3) is 2.76. The van der Waals surface area contributed by atoms with E-state index >= 15 is 0 Å². The Balaban J connectivity index is 2.17. The van der Waals surface area contributed by atoms with Gasteiger partial charge in [-0.25, -0.2) is 8.42 Å². The van der Waals surface area contributed by atoms with E-state index in [1.54, 1.807) is 12.1 Å².